The minimum atomic E-state index is 0.484. The van der Waals surface area contributed by atoms with E-state index in [1.54, 1.807) is 11.2 Å². The molecule has 0 radical (unpaired) electrons. The number of nitrogens with zero attached hydrogens (tertiary/aromatic N) is 2. The molecule has 0 spiro atoms. The largest absolute Gasteiger partial charge is 0.303 e. The zero-order valence-corrected chi connectivity index (χ0v) is 5.31. The van der Waals surface area contributed by atoms with Crippen LogP contribution in [-0.2, 0) is 0 Å². The molecule has 0 rings (SSSR count). The Morgan fingerprint density at radius 2 is 2.29 bits per heavy atom. The molecule has 0 fully saturated rings. The predicted octanol–water partition coefficient (Wildman–Crippen LogP) is 0.773. The van der Waals surface area contributed by atoms with Crippen LogP contribution in [0.2, 0.25) is 0 Å². The molecule has 3 heteroatoms. The number of rotatable bonds is 2. The SMILES string of the molecule is CN(C)N=CCCl. The summed E-state index contributed by atoms with van der Waals surface area (Å²) in [6.07, 6.45) is 1.64. The maximum Gasteiger partial charge on any atom is 0.0595 e. The Hall–Kier alpha value is -0.240. The van der Waals surface area contributed by atoms with E-state index in [0.717, 1.165) is 0 Å². The fraction of sp³-hybridized carbons (Fsp3) is 0.750. The molecule has 0 saturated heterocycles. The highest BCUT2D eigenvalue weighted by molar-refractivity contribution is 6.24. The lowest BCUT2D eigenvalue weighted by atomic mass is 10.9. The minimum absolute atomic E-state index is 0.484. The molecule has 0 saturated carbocycles. The van der Waals surface area contributed by atoms with E-state index in [9.17, 15) is 0 Å². The van der Waals surface area contributed by atoms with Crippen molar-refractivity contribution in [3.63, 3.8) is 0 Å². The molecular weight excluding hydrogens is 112 g/mol. The molecule has 0 aliphatic carbocycles. The van der Waals surface area contributed by atoms with Crippen molar-refractivity contribution in [3.05, 3.63) is 0 Å². The van der Waals surface area contributed by atoms with E-state index in [1.165, 1.54) is 0 Å². The van der Waals surface area contributed by atoms with Crippen LogP contribution in [0.15, 0.2) is 5.10 Å². The molecule has 0 aromatic carbocycles. The Morgan fingerprint density at radius 3 is 2.43 bits per heavy atom. The minimum Gasteiger partial charge on any atom is -0.303 e. The van der Waals surface area contributed by atoms with Crippen molar-refractivity contribution in [3.8, 4) is 0 Å². The Balaban J connectivity index is 3.08. The summed E-state index contributed by atoms with van der Waals surface area (Å²) in [4.78, 5) is 0. The second kappa shape index (κ2) is 3.93. The monoisotopic (exact) mass is 120 g/mol. The average molecular weight is 121 g/mol. The molecule has 0 amide bonds. The Bertz CT molecular complexity index is 60.7. The van der Waals surface area contributed by atoms with E-state index in [-0.39, 0.29) is 0 Å². The first-order valence-electron chi connectivity index (χ1n) is 2.03. The van der Waals surface area contributed by atoms with Crippen LogP contribution in [0.5, 0.6) is 0 Å². The smallest absolute Gasteiger partial charge is 0.0595 e. The topological polar surface area (TPSA) is 15.6 Å². The van der Waals surface area contributed by atoms with E-state index in [2.05, 4.69) is 5.10 Å². The standard InChI is InChI=1S/C4H9ClN2/c1-7(2)6-4-3-5/h4H,3H2,1-2H3. The van der Waals surface area contributed by atoms with E-state index in [1.807, 2.05) is 14.1 Å². The lowest BCUT2D eigenvalue weighted by Gasteiger charge is -1.99. The van der Waals surface area contributed by atoms with Gasteiger partial charge in [-0.2, -0.15) is 5.10 Å². The maximum atomic E-state index is 5.27. The van der Waals surface area contributed by atoms with Gasteiger partial charge in [-0.3, -0.25) is 0 Å². The summed E-state index contributed by atoms with van der Waals surface area (Å²) in [6.45, 7) is 0. The second-order valence-corrected chi connectivity index (χ2v) is 1.61. The molecule has 2 nitrogen and oxygen atoms in total. The fourth-order valence-corrected chi connectivity index (χ4v) is 0.256. The van der Waals surface area contributed by atoms with Gasteiger partial charge in [0, 0.05) is 20.3 Å². The molecule has 0 aliphatic heterocycles. The molecule has 0 N–H and O–H groups in total. The van der Waals surface area contributed by atoms with Crippen LogP contribution in [-0.4, -0.2) is 31.2 Å². The van der Waals surface area contributed by atoms with Gasteiger partial charge >= 0.3 is 0 Å². The Kier molecular flexibility index (Phi) is 3.80. The first-order chi connectivity index (χ1) is 3.27. The van der Waals surface area contributed by atoms with Crippen LogP contribution in [0.1, 0.15) is 0 Å². The first kappa shape index (κ1) is 6.76. The van der Waals surface area contributed by atoms with E-state index in [4.69, 9.17) is 11.6 Å². The molecule has 0 unspecified atom stereocenters. The lowest BCUT2D eigenvalue weighted by molar-refractivity contribution is 0.440. The quantitative estimate of drug-likeness (QED) is 0.299. The number of alkyl halides is 1. The number of halogens is 1. The van der Waals surface area contributed by atoms with Crippen molar-refractivity contribution in [1.82, 2.24) is 5.01 Å². The second-order valence-electron chi connectivity index (χ2n) is 1.30. The summed E-state index contributed by atoms with van der Waals surface area (Å²) in [5.74, 6) is 0.484. The van der Waals surface area contributed by atoms with Crippen molar-refractivity contribution >= 4 is 17.8 Å². The highest BCUT2D eigenvalue weighted by Gasteiger charge is 1.71. The molecule has 0 atom stereocenters. The number of hydrazone groups is 1. The number of hydrogen-bond donors (Lipinski definition) is 0. The third-order valence-electron chi connectivity index (χ3n) is 0.382. The lowest BCUT2D eigenvalue weighted by Crippen LogP contribution is -2.01. The molecule has 0 aliphatic rings. The van der Waals surface area contributed by atoms with Gasteiger partial charge in [0.15, 0.2) is 0 Å². The molecule has 42 valence electrons. The third kappa shape index (κ3) is 5.76. The molecule has 0 aromatic rings. The Labute approximate surface area is 48.8 Å². The Morgan fingerprint density at radius 1 is 1.71 bits per heavy atom. The van der Waals surface area contributed by atoms with Crippen LogP contribution in [0.25, 0.3) is 0 Å². The van der Waals surface area contributed by atoms with Crippen LogP contribution in [0, 0.1) is 0 Å². The van der Waals surface area contributed by atoms with Gasteiger partial charge in [0.25, 0.3) is 0 Å². The van der Waals surface area contributed by atoms with Gasteiger partial charge in [0.05, 0.1) is 5.88 Å². The summed E-state index contributed by atoms with van der Waals surface area (Å²) in [7, 11) is 3.70. The van der Waals surface area contributed by atoms with Gasteiger partial charge in [-0.15, -0.1) is 11.6 Å². The molecule has 7 heavy (non-hydrogen) atoms. The summed E-state index contributed by atoms with van der Waals surface area (Å²) in [6, 6.07) is 0. The van der Waals surface area contributed by atoms with Crippen molar-refractivity contribution < 1.29 is 0 Å². The fourth-order valence-electron chi connectivity index (χ4n) is 0.194. The van der Waals surface area contributed by atoms with Crippen molar-refractivity contribution in [2.75, 3.05) is 20.0 Å². The zero-order chi connectivity index (χ0) is 5.70. The summed E-state index contributed by atoms with van der Waals surface area (Å²) in [5.41, 5.74) is 0. The predicted molar refractivity (Wildman–Crippen MR) is 32.9 cm³/mol. The van der Waals surface area contributed by atoms with Crippen molar-refractivity contribution in [2.24, 2.45) is 5.10 Å². The molecular formula is C4H9ClN2. The van der Waals surface area contributed by atoms with Gasteiger partial charge in [-0.05, 0) is 0 Å². The van der Waals surface area contributed by atoms with Crippen LogP contribution in [0.3, 0.4) is 0 Å². The van der Waals surface area contributed by atoms with Crippen LogP contribution < -0.4 is 0 Å². The molecule has 0 heterocycles. The average Bonchev–Trinajstić information content (AvgIpc) is 1.61. The highest BCUT2D eigenvalue weighted by atomic mass is 35.5. The summed E-state index contributed by atoms with van der Waals surface area (Å²) in [5, 5.41) is 5.52. The molecule has 0 aromatic heterocycles. The van der Waals surface area contributed by atoms with E-state index < -0.39 is 0 Å². The van der Waals surface area contributed by atoms with Gasteiger partial charge in [0.1, 0.15) is 0 Å². The summed E-state index contributed by atoms with van der Waals surface area (Å²) < 4.78 is 0. The van der Waals surface area contributed by atoms with Crippen LogP contribution >= 0.6 is 11.6 Å². The van der Waals surface area contributed by atoms with Gasteiger partial charge in [-0.25, -0.2) is 0 Å². The van der Waals surface area contributed by atoms with Crippen molar-refractivity contribution in [1.29, 1.82) is 0 Å². The van der Waals surface area contributed by atoms with Gasteiger partial charge in [0.2, 0.25) is 0 Å². The normalized spacial score (nSPS) is 10.1. The third-order valence-corrected chi connectivity index (χ3v) is 0.520. The van der Waals surface area contributed by atoms with E-state index >= 15 is 0 Å². The zero-order valence-electron chi connectivity index (χ0n) is 4.56. The van der Waals surface area contributed by atoms with Gasteiger partial charge in [-0.1, -0.05) is 0 Å². The molecule has 0 bridgehead atoms. The first-order valence-corrected chi connectivity index (χ1v) is 2.56. The van der Waals surface area contributed by atoms with Crippen molar-refractivity contribution in [2.45, 2.75) is 0 Å². The summed E-state index contributed by atoms with van der Waals surface area (Å²) >= 11 is 5.27. The van der Waals surface area contributed by atoms with Crippen LogP contribution in [0.4, 0.5) is 0 Å². The van der Waals surface area contributed by atoms with Gasteiger partial charge < -0.3 is 5.01 Å². The number of hydrogen-bond acceptors (Lipinski definition) is 2. The maximum absolute atomic E-state index is 5.27. The highest BCUT2D eigenvalue weighted by Crippen LogP contribution is 1.72. The van der Waals surface area contributed by atoms with E-state index in [0.29, 0.717) is 5.88 Å².